The van der Waals surface area contributed by atoms with Gasteiger partial charge in [-0.25, -0.2) is 0 Å². The van der Waals surface area contributed by atoms with Gasteiger partial charge in [0.05, 0.1) is 19.9 Å². The van der Waals surface area contributed by atoms with Crippen LogP contribution in [0.5, 0.6) is 17.2 Å². The molecule has 0 unspecified atom stereocenters. The Hall–Kier alpha value is -3.48. The first kappa shape index (κ1) is 19.3. The van der Waals surface area contributed by atoms with E-state index in [9.17, 15) is 9.59 Å². The highest BCUT2D eigenvalue weighted by Gasteiger charge is 2.28. The molecule has 2 aromatic carbocycles. The summed E-state index contributed by atoms with van der Waals surface area (Å²) in [6.07, 6.45) is 2.58. The average molecular weight is 382 g/mol. The Bertz CT molecular complexity index is 938. The number of carbonyl (C=O) groups excluding carboxylic acids is 2. The molecular weight excluding hydrogens is 360 g/mol. The lowest BCUT2D eigenvalue weighted by Crippen LogP contribution is -2.41. The second-order valence-electron chi connectivity index (χ2n) is 6.28. The molecule has 0 bridgehead atoms. The fraction of sp³-hybridized carbons (Fsp3) is 0.238. The molecule has 7 nitrogen and oxygen atoms in total. The summed E-state index contributed by atoms with van der Waals surface area (Å²) in [6.45, 7) is 1.70. The number of amides is 2. The van der Waals surface area contributed by atoms with Crippen LogP contribution in [-0.4, -0.2) is 39.2 Å². The number of hydrogen-bond acceptors (Lipinski definition) is 5. The van der Waals surface area contributed by atoms with E-state index >= 15 is 0 Å². The van der Waals surface area contributed by atoms with Crippen LogP contribution in [-0.2, 0) is 9.59 Å². The molecule has 0 saturated heterocycles. The van der Waals surface area contributed by atoms with Gasteiger partial charge in [-0.1, -0.05) is 6.07 Å². The molecule has 2 amide bonds. The number of likely N-dealkylation sites (N-methyl/N-ethyl adjacent to an activating group) is 1. The normalized spacial score (nSPS) is 15.8. The second kappa shape index (κ2) is 8.04. The Labute approximate surface area is 163 Å². The van der Waals surface area contributed by atoms with E-state index in [4.69, 9.17) is 14.2 Å². The Balaban J connectivity index is 1.72. The molecule has 0 saturated carbocycles. The van der Waals surface area contributed by atoms with Crippen molar-refractivity contribution in [2.24, 2.45) is 0 Å². The van der Waals surface area contributed by atoms with E-state index in [0.717, 1.165) is 5.56 Å². The number of nitrogens with one attached hydrogen (secondary N) is 1. The number of rotatable bonds is 5. The van der Waals surface area contributed by atoms with Crippen LogP contribution < -0.4 is 24.4 Å². The summed E-state index contributed by atoms with van der Waals surface area (Å²) in [7, 11) is 4.80. The summed E-state index contributed by atoms with van der Waals surface area (Å²) in [5.41, 5.74) is 1.98. The first-order chi connectivity index (χ1) is 13.4. The van der Waals surface area contributed by atoms with E-state index in [2.05, 4.69) is 5.32 Å². The van der Waals surface area contributed by atoms with E-state index in [1.54, 1.807) is 64.6 Å². The number of benzene rings is 2. The third kappa shape index (κ3) is 3.93. The van der Waals surface area contributed by atoms with E-state index in [0.29, 0.717) is 28.6 Å². The van der Waals surface area contributed by atoms with Crippen LogP contribution in [0, 0.1) is 0 Å². The molecule has 0 aromatic heterocycles. The lowest BCUT2D eigenvalue weighted by molar-refractivity contribution is -0.125. The highest BCUT2D eigenvalue weighted by molar-refractivity contribution is 6.04. The lowest BCUT2D eigenvalue weighted by Gasteiger charge is -2.30. The minimum atomic E-state index is -0.526. The molecule has 28 heavy (non-hydrogen) atoms. The van der Waals surface area contributed by atoms with Crippen molar-refractivity contribution < 1.29 is 23.8 Å². The molecule has 1 N–H and O–H groups in total. The molecule has 1 atom stereocenters. The van der Waals surface area contributed by atoms with Crippen LogP contribution in [0.4, 0.5) is 11.4 Å². The van der Waals surface area contributed by atoms with Crippen molar-refractivity contribution >= 4 is 29.3 Å². The minimum Gasteiger partial charge on any atom is -0.493 e. The Morgan fingerprint density at radius 2 is 1.89 bits per heavy atom. The lowest BCUT2D eigenvalue weighted by atomic mass is 10.1. The fourth-order valence-corrected chi connectivity index (χ4v) is 2.90. The highest BCUT2D eigenvalue weighted by atomic mass is 16.5. The number of fused-ring (bicyclic) bond motifs is 1. The first-order valence-electron chi connectivity index (χ1n) is 8.72. The molecule has 0 spiro atoms. The zero-order chi connectivity index (χ0) is 20.3. The van der Waals surface area contributed by atoms with Gasteiger partial charge in [0.1, 0.15) is 5.75 Å². The molecule has 146 valence electrons. The smallest absolute Gasteiger partial charge is 0.267 e. The molecule has 0 fully saturated rings. The molecule has 0 aliphatic carbocycles. The van der Waals surface area contributed by atoms with Crippen molar-refractivity contribution in [1.82, 2.24) is 0 Å². The first-order valence-corrected chi connectivity index (χ1v) is 8.72. The van der Waals surface area contributed by atoms with E-state index in [1.807, 2.05) is 6.07 Å². The standard InChI is InChI=1S/C21H22N2O5/c1-13-21(25)23(2)16-12-15(7-9-17(16)28-13)22-20(24)10-6-14-5-8-18(26-3)19(11-14)27-4/h5-13H,1-4H3,(H,22,24)/b10-6+/t13-/m0/s1. The second-order valence-corrected chi connectivity index (χ2v) is 6.28. The monoisotopic (exact) mass is 382 g/mol. The van der Waals surface area contributed by atoms with Crippen LogP contribution in [0.1, 0.15) is 12.5 Å². The Morgan fingerprint density at radius 1 is 1.14 bits per heavy atom. The van der Waals surface area contributed by atoms with Gasteiger partial charge in [0, 0.05) is 18.8 Å². The zero-order valence-corrected chi connectivity index (χ0v) is 16.2. The predicted octanol–water partition coefficient (Wildman–Crippen LogP) is 3.10. The molecule has 3 rings (SSSR count). The van der Waals surface area contributed by atoms with Crippen LogP contribution in [0.2, 0.25) is 0 Å². The van der Waals surface area contributed by atoms with Gasteiger partial charge >= 0.3 is 0 Å². The molecule has 7 heteroatoms. The zero-order valence-electron chi connectivity index (χ0n) is 16.2. The fourth-order valence-electron chi connectivity index (χ4n) is 2.90. The largest absolute Gasteiger partial charge is 0.493 e. The quantitative estimate of drug-likeness (QED) is 0.804. The molecule has 1 heterocycles. The van der Waals surface area contributed by atoms with Crippen LogP contribution in [0.25, 0.3) is 6.08 Å². The summed E-state index contributed by atoms with van der Waals surface area (Å²) in [6, 6.07) is 10.6. The third-order valence-electron chi connectivity index (χ3n) is 4.40. The highest BCUT2D eigenvalue weighted by Crippen LogP contribution is 2.35. The van der Waals surface area contributed by atoms with E-state index in [-0.39, 0.29) is 11.8 Å². The SMILES string of the molecule is COc1ccc(/C=C/C(=O)Nc2ccc3c(c2)N(C)C(=O)[C@H](C)O3)cc1OC. The molecule has 0 radical (unpaired) electrons. The van der Waals surface area contributed by atoms with Crippen molar-refractivity contribution in [2.75, 3.05) is 31.5 Å². The van der Waals surface area contributed by atoms with Crippen molar-refractivity contribution in [1.29, 1.82) is 0 Å². The van der Waals surface area contributed by atoms with Gasteiger partial charge < -0.3 is 24.4 Å². The summed E-state index contributed by atoms with van der Waals surface area (Å²) >= 11 is 0. The number of carbonyl (C=O) groups is 2. The number of anilines is 2. The number of ether oxygens (including phenoxy) is 3. The average Bonchev–Trinajstić information content (AvgIpc) is 2.70. The Morgan fingerprint density at radius 3 is 2.61 bits per heavy atom. The topological polar surface area (TPSA) is 77.1 Å². The van der Waals surface area contributed by atoms with Crippen molar-refractivity contribution in [2.45, 2.75) is 13.0 Å². The number of nitrogens with zero attached hydrogens (tertiary/aromatic N) is 1. The van der Waals surface area contributed by atoms with Crippen molar-refractivity contribution in [3.05, 3.63) is 48.0 Å². The summed E-state index contributed by atoms with van der Waals surface area (Å²) in [5.74, 6) is 1.38. The van der Waals surface area contributed by atoms with Gasteiger partial charge in [0.25, 0.3) is 5.91 Å². The maximum absolute atomic E-state index is 12.3. The van der Waals surface area contributed by atoms with Gasteiger partial charge in [-0.15, -0.1) is 0 Å². The minimum absolute atomic E-state index is 0.135. The molecule has 1 aliphatic rings. The van der Waals surface area contributed by atoms with Gasteiger partial charge in [-0.3, -0.25) is 9.59 Å². The van der Waals surface area contributed by atoms with Crippen LogP contribution in [0.3, 0.4) is 0 Å². The van der Waals surface area contributed by atoms with Crippen LogP contribution >= 0.6 is 0 Å². The maximum atomic E-state index is 12.3. The van der Waals surface area contributed by atoms with Crippen LogP contribution in [0.15, 0.2) is 42.5 Å². The third-order valence-corrected chi connectivity index (χ3v) is 4.40. The van der Waals surface area contributed by atoms with Crippen molar-refractivity contribution in [3.8, 4) is 17.2 Å². The van der Waals surface area contributed by atoms with Gasteiger partial charge in [0.2, 0.25) is 5.91 Å². The molecule has 2 aromatic rings. The van der Waals surface area contributed by atoms with Gasteiger partial charge in [-0.05, 0) is 48.9 Å². The molecular formula is C21H22N2O5. The van der Waals surface area contributed by atoms with E-state index < -0.39 is 6.10 Å². The van der Waals surface area contributed by atoms with Gasteiger partial charge in [0.15, 0.2) is 17.6 Å². The van der Waals surface area contributed by atoms with Crippen molar-refractivity contribution in [3.63, 3.8) is 0 Å². The summed E-state index contributed by atoms with van der Waals surface area (Å²) < 4.78 is 16.0. The predicted molar refractivity (Wildman–Crippen MR) is 107 cm³/mol. The molecule has 1 aliphatic heterocycles. The number of methoxy groups -OCH3 is 2. The number of hydrogen-bond donors (Lipinski definition) is 1. The summed E-state index contributed by atoms with van der Waals surface area (Å²) in [5, 5.41) is 2.78. The maximum Gasteiger partial charge on any atom is 0.267 e. The van der Waals surface area contributed by atoms with E-state index in [1.165, 1.54) is 11.0 Å². The van der Waals surface area contributed by atoms with Gasteiger partial charge in [-0.2, -0.15) is 0 Å². The summed E-state index contributed by atoms with van der Waals surface area (Å²) in [4.78, 5) is 25.9. The Kier molecular flexibility index (Phi) is 5.54.